The Kier molecular flexibility index (Phi) is 9.62. The summed E-state index contributed by atoms with van der Waals surface area (Å²) in [5.41, 5.74) is 1.15. The molecule has 32 heavy (non-hydrogen) atoms. The van der Waals surface area contributed by atoms with Crippen LogP contribution < -0.4 is 10.0 Å². The van der Waals surface area contributed by atoms with Gasteiger partial charge in [0.1, 0.15) is 5.75 Å². The van der Waals surface area contributed by atoms with Gasteiger partial charge in [-0.2, -0.15) is 22.0 Å². The Morgan fingerprint density at radius 3 is 1.59 bits per heavy atom. The summed E-state index contributed by atoms with van der Waals surface area (Å²) in [5.74, 6) is -0.385. The van der Waals surface area contributed by atoms with Crippen molar-refractivity contribution >= 4 is 20.5 Å². The first-order valence-electron chi connectivity index (χ1n) is 10.8. The molecule has 184 valence electrons. The molecule has 2 fully saturated rings. The highest BCUT2D eigenvalue weighted by Crippen LogP contribution is 2.55. The Balaban J connectivity index is 0.000000654. The van der Waals surface area contributed by atoms with Crippen molar-refractivity contribution in [3.63, 3.8) is 0 Å². The zero-order valence-corrected chi connectivity index (χ0v) is 18.4. The largest absolute Gasteiger partial charge is 0.673 e. The maximum Gasteiger partial charge on any atom is 0.673 e. The first kappa shape index (κ1) is 27.1. The van der Waals surface area contributed by atoms with Gasteiger partial charge in [0.2, 0.25) is 0 Å². The predicted octanol–water partition coefficient (Wildman–Crippen LogP) is 8.03. The summed E-state index contributed by atoms with van der Waals surface area (Å²) in [4.78, 5) is 0. The van der Waals surface area contributed by atoms with Gasteiger partial charge in [0.15, 0.2) is 0 Å². The molecule has 0 aromatic heterocycles. The molecule has 0 aliphatic heterocycles. The van der Waals surface area contributed by atoms with Crippen LogP contribution in [0.4, 0.5) is 39.2 Å². The van der Waals surface area contributed by atoms with E-state index in [1.165, 1.54) is 50.7 Å². The lowest BCUT2D eigenvalue weighted by Crippen LogP contribution is -2.42. The average Bonchev–Trinajstić information content (AvgIpc) is 2.68. The van der Waals surface area contributed by atoms with Crippen molar-refractivity contribution in [2.75, 3.05) is 0 Å². The highest BCUT2D eigenvalue weighted by atomic mass is 31.1. The normalized spacial score (nSPS) is 19.4. The van der Waals surface area contributed by atoms with Crippen LogP contribution in [0.1, 0.15) is 64.2 Å². The molecule has 0 radical (unpaired) electrons. The summed E-state index contributed by atoms with van der Waals surface area (Å²) in [7, 11) is -7.04. The van der Waals surface area contributed by atoms with Gasteiger partial charge in [0, 0.05) is 14.0 Å². The third-order valence-electron chi connectivity index (χ3n) is 5.83. The standard InChI is InChI=1S/C20H26F5OP.BF4/c21-19(22,23)20(24,25)26-15-8-7-13-18(14-15)27(16-9-3-1-4-10-16)17-11-5-2-6-12-17;2-1(3,4)5/h7-8,13-14,16-17H,1-6,9-12H2;/q;-1/p+1. The molecule has 0 saturated heterocycles. The van der Waals surface area contributed by atoms with Gasteiger partial charge in [0.25, 0.3) is 0 Å². The summed E-state index contributed by atoms with van der Waals surface area (Å²) in [6, 6.07) is 6.13. The van der Waals surface area contributed by atoms with Gasteiger partial charge in [-0.05, 0) is 63.5 Å². The fourth-order valence-electron chi connectivity index (χ4n) is 4.58. The second-order valence-corrected chi connectivity index (χ2v) is 11.4. The molecule has 0 heterocycles. The van der Waals surface area contributed by atoms with Crippen molar-refractivity contribution in [3.05, 3.63) is 24.3 Å². The van der Waals surface area contributed by atoms with Gasteiger partial charge < -0.3 is 22.0 Å². The molecule has 2 aliphatic carbocycles. The van der Waals surface area contributed by atoms with Crippen LogP contribution in [0.25, 0.3) is 0 Å². The second kappa shape index (κ2) is 11.3. The van der Waals surface area contributed by atoms with E-state index in [0.717, 1.165) is 31.0 Å². The molecular formula is C20H27BF9OP. The quantitative estimate of drug-likeness (QED) is 0.228. The first-order valence-corrected chi connectivity index (χ1v) is 12.4. The van der Waals surface area contributed by atoms with E-state index in [-0.39, 0.29) is 5.75 Å². The monoisotopic (exact) mass is 496 g/mol. The van der Waals surface area contributed by atoms with Crippen LogP contribution in [-0.2, 0) is 0 Å². The van der Waals surface area contributed by atoms with E-state index in [9.17, 15) is 39.2 Å². The third kappa shape index (κ3) is 8.67. The highest BCUT2D eigenvalue weighted by Gasteiger charge is 2.61. The molecule has 12 heteroatoms. The molecule has 2 aliphatic rings. The van der Waals surface area contributed by atoms with Crippen LogP contribution in [0.15, 0.2) is 24.3 Å². The average molecular weight is 496 g/mol. The molecule has 0 atom stereocenters. The van der Waals surface area contributed by atoms with Crippen LogP contribution in [0, 0.1) is 0 Å². The van der Waals surface area contributed by atoms with Crippen LogP contribution in [-0.4, -0.2) is 30.9 Å². The number of rotatable bonds is 5. The zero-order valence-electron chi connectivity index (χ0n) is 17.4. The van der Waals surface area contributed by atoms with Gasteiger partial charge in [0.05, 0.1) is 16.6 Å². The molecule has 2 saturated carbocycles. The number of halogens is 9. The Morgan fingerprint density at radius 2 is 1.19 bits per heavy atom. The van der Waals surface area contributed by atoms with E-state index in [1.807, 2.05) is 6.07 Å². The molecule has 1 nitrogen and oxygen atoms in total. The number of hydrogen-bond donors (Lipinski definition) is 0. The van der Waals surface area contributed by atoms with Crippen molar-refractivity contribution < 1.29 is 44.0 Å². The molecule has 0 N–H and O–H groups in total. The smallest absolute Gasteiger partial charge is 0.426 e. The molecular weight excluding hydrogens is 469 g/mol. The van der Waals surface area contributed by atoms with E-state index in [4.69, 9.17) is 0 Å². The lowest BCUT2D eigenvalue weighted by molar-refractivity contribution is -0.360. The summed E-state index contributed by atoms with van der Waals surface area (Å²) in [6.07, 6.45) is 0.919. The predicted molar refractivity (Wildman–Crippen MR) is 110 cm³/mol. The molecule has 0 unspecified atom stereocenters. The topological polar surface area (TPSA) is 9.23 Å². The number of ether oxygens (including phenoxy) is 1. The van der Waals surface area contributed by atoms with Gasteiger partial charge in [-0.3, -0.25) is 0 Å². The first-order chi connectivity index (χ1) is 14.8. The van der Waals surface area contributed by atoms with Crippen molar-refractivity contribution in [1.82, 2.24) is 0 Å². The summed E-state index contributed by atoms with van der Waals surface area (Å²) in [6.45, 7) is 0. The lowest BCUT2D eigenvalue weighted by Gasteiger charge is -2.32. The summed E-state index contributed by atoms with van der Waals surface area (Å²) in [5, 5.41) is 0.953. The molecule has 3 rings (SSSR count). The minimum Gasteiger partial charge on any atom is -0.426 e. The zero-order chi connectivity index (χ0) is 24.0. The van der Waals surface area contributed by atoms with Crippen molar-refractivity contribution in [2.24, 2.45) is 0 Å². The molecule has 1 aromatic rings. The molecule has 0 bridgehead atoms. The highest BCUT2D eigenvalue weighted by molar-refractivity contribution is 7.67. The van der Waals surface area contributed by atoms with Crippen LogP contribution >= 0.6 is 7.92 Å². The maximum atomic E-state index is 13.3. The van der Waals surface area contributed by atoms with Crippen molar-refractivity contribution in [3.8, 4) is 5.75 Å². The third-order valence-corrected chi connectivity index (χ3v) is 9.73. The molecule has 0 amide bonds. The van der Waals surface area contributed by atoms with E-state index in [1.54, 1.807) is 6.07 Å². The SMILES string of the molecule is FC(F)(F)C(F)(F)Oc1cccc([PH+](C2CCCCC2)C2CCCCC2)c1.F[B-](F)(F)F. The number of benzene rings is 1. The van der Waals surface area contributed by atoms with E-state index < -0.39 is 27.5 Å². The Bertz CT molecular complexity index is 675. The number of alkyl halides is 5. The van der Waals surface area contributed by atoms with Gasteiger partial charge >= 0.3 is 19.5 Å². The number of hydrogen-bond acceptors (Lipinski definition) is 1. The Hall–Kier alpha value is -1.12. The minimum absolute atomic E-state index is 0.385. The molecule has 1 aromatic carbocycles. The second-order valence-electron chi connectivity index (χ2n) is 8.26. The fourth-order valence-corrected chi connectivity index (χ4v) is 8.84. The van der Waals surface area contributed by atoms with Crippen LogP contribution in [0.2, 0.25) is 0 Å². The molecule has 0 spiro atoms. The van der Waals surface area contributed by atoms with Crippen molar-refractivity contribution in [1.29, 1.82) is 0 Å². The summed E-state index contributed by atoms with van der Waals surface area (Å²) >= 11 is 0. The Labute approximate surface area is 182 Å². The van der Waals surface area contributed by atoms with Gasteiger partial charge in [-0.15, -0.1) is 0 Å². The lowest BCUT2D eigenvalue weighted by atomic mass is 9.99. The fraction of sp³-hybridized carbons (Fsp3) is 0.700. The summed E-state index contributed by atoms with van der Waals surface area (Å²) < 4.78 is 107. The van der Waals surface area contributed by atoms with Crippen LogP contribution in [0.5, 0.6) is 5.75 Å². The Morgan fingerprint density at radius 1 is 0.750 bits per heavy atom. The van der Waals surface area contributed by atoms with Gasteiger partial charge in [-0.25, -0.2) is 0 Å². The van der Waals surface area contributed by atoms with E-state index >= 15 is 0 Å². The van der Waals surface area contributed by atoms with E-state index in [0.29, 0.717) is 11.3 Å². The minimum atomic E-state index is -6.00. The maximum absolute atomic E-state index is 13.3. The van der Waals surface area contributed by atoms with Gasteiger partial charge in [-0.1, -0.05) is 18.9 Å². The van der Waals surface area contributed by atoms with Crippen LogP contribution in [0.3, 0.4) is 0 Å². The van der Waals surface area contributed by atoms with Crippen molar-refractivity contribution in [2.45, 2.75) is 87.8 Å². The van der Waals surface area contributed by atoms with E-state index in [2.05, 4.69) is 4.74 Å².